The molecule has 0 saturated carbocycles. The van der Waals surface area contributed by atoms with Crippen LogP contribution in [0.25, 0.3) is 0 Å². The molecule has 0 spiro atoms. The Kier molecular flexibility index (Phi) is 5.62. The Morgan fingerprint density at radius 2 is 1.75 bits per heavy atom. The van der Waals surface area contributed by atoms with Crippen LogP contribution in [0.15, 0.2) is 54.6 Å². The first-order valence-corrected chi connectivity index (χ1v) is 8.01. The lowest BCUT2D eigenvalue weighted by molar-refractivity contribution is -0.158. The molecule has 0 fully saturated rings. The first kappa shape index (κ1) is 18.0. The molecule has 0 heterocycles. The molecular weight excluding hydrogens is 326 g/mol. The average Bonchev–Trinajstić information content (AvgIpc) is 2.55. The smallest absolute Gasteiger partial charge is 0.316 e. The Hall–Kier alpha value is -2.33. The summed E-state index contributed by atoms with van der Waals surface area (Å²) in [6.07, 6.45) is -0.917. The topological polar surface area (TPSA) is 55.4 Å². The number of benzene rings is 2. The lowest BCUT2D eigenvalue weighted by Crippen LogP contribution is -2.37. The van der Waals surface area contributed by atoms with Crippen molar-refractivity contribution in [1.29, 1.82) is 0 Å². The molecule has 2 aromatic rings. The summed E-state index contributed by atoms with van der Waals surface area (Å²) >= 11 is 5.88. The van der Waals surface area contributed by atoms with Gasteiger partial charge in [0.1, 0.15) is 0 Å². The van der Waals surface area contributed by atoms with Crippen LogP contribution >= 0.6 is 11.6 Å². The number of hydrogen-bond acceptors (Lipinski definition) is 3. The Balaban J connectivity index is 2.01. The number of ether oxygens (including phenoxy) is 1. The minimum Gasteiger partial charge on any atom is -0.452 e. The molecule has 0 aromatic heterocycles. The predicted molar refractivity (Wildman–Crippen MR) is 95.1 cm³/mol. The van der Waals surface area contributed by atoms with Crippen LogP contribution in [0.1, 0.15) is 26.3 Å². The lowest BCUT2D eigenvalue weighted by Gasteiger charge is -2.25. The highest BCUT2D eigenvalue weighted by atomic mass is 35.5. The van der Waals surface area contributed by atoms with Gasteiger partial charge in [0.05, 0.1) is 5.41 Å². The summed E-state index contributed by atoms with van der Waals surface area (Å²) in [5.74, 6) is -0.864. The van der Waals surface area contributed by atoms with Crippen LogP contribution < -0.4 is 5.32 Å². The molecule has 1 atom stereocenters. The van der Waals surface area contributed by atoms with Crippen LogP contribution in [-0.2, 0) is 19.7 Å². The molecule has 0 radical (unpaired) electrons. The number of esters is 1. The predicted octanol–water partition coefficient (Wildman–Crippen LogP) is 4.19. The number of anilines is 1. The van der Waals surface area contributed by atoms with E-state index in [1.54, 1.807) is 45.0 Å². The maximum atomic E-state index is 12.5. The maximum absolute atomic E-state index is 12.5. The molecule has 0 bridgehead atoms. The molecule has 24 heavy (non-hydrogen) atoms. The number of amides is 1. The standard InChI is InChI=1S/C19H20ClNO3/c1-13(17(22)21-16-11-7-10-15(20)12-16)24-18(23)19(2,3)14-8-5-4-6-9-14/h4-13H,1-3H3,(H,21,22)/t13-/m0/s1. The van der Waals surface area contributed by atoms with E-state index >= 15 is 0 Å². The summed E-state index contributed by atoms with van der Waals surface area (Å²) in [4.78, 5) is 24.7. The van der Waals surface area contributed by atoms with Crippen molar-refractivity contribution in [3.05, 3.63) is 65.2 Å². The highest BCUT2D eigenvalue weighted by molar-refractivity contribution is 6.30. The summed E-state index contributed by atoms with van der Waals surface area (Å²) in [6.45, 7) is 5.08. The number of hydrogen-bond donors (Lipinski definition) is 1. The van der Waals surface area contributed by atoms with E-state index in [1.807, 2.05) is 30.3 Å². The van der Waals surface area contributed by atoms with Crippen molar-refractivity contribution < 1.29 is 14.3 Å². The molecule has 1 N–H and O–H groups in total. The van der Waals surface area contributed by atoms with Gasteiger partial charge in [-0.05, 0) is 44.5 Å². The van der Waals surface area contributed by atoms with Crippen LogP contribution in [0.5, 0.6) is 0 Å². The van der Waals surface area contributed by atoms with Gasteiger partial charge in [0.25, 0.3) is 5.91 Å². The van der Waals surface area contributed by atoms with Crippen molar-refractivity contribution >= 4 is 29.2 Å². The number of nitrogens with one attached hydrogen (secondary N) is 1. The van der Waals surface area contributed by atoms with Crippen molar-refractivity contribution in [1.82, 2.24) is 0 Å². The zero-order valence-corrected chi connectivity index (χ0v) is 14.6. The third-order valence-electron chi connectivity index (χ3n) is 3.75. The molecular formula is C19H20ClNO3. The molecule has 0 aliphatic carbocycles. The third kappa shape index (κ3) is 4.36. The van der Waals surface area contributed by atoms with E-state index in [0.717, 1.165) is 5.56 Å². The minimum absolute atomic E-state index is 0.408. The summed E-state index contributed by atoms with van der Waals surface area (Å²) in [5, 5.41) is 3.19. The van der Waals surface area contributed by atoms with Gasteiger partial charge < -0.3 is 10.1 Å². The zero-order chi connectivity index (χ0) is 17.7. The molecule has 0 unspecified atom stereocenters. The van der Waals surface area contributed by atoms with Gasteiger partial charge in [0.15, 0.2) is 6.10 Å². The van der Waals surface area contributed by atoms with E-state index in [4.69, 9.17) is 16.3 Å². The van der Waals surface area contributed by atoms with E-state index in [1.165, 1.54) is 0 Å². The summed E-state index contributed by atoms with van der Waals surface area (Å²) in [6, 6.07) is 16.1. The maximum Gasteiger partial charge on any atom is 0.316 e. The molecule has 2 rings (SSSR count). The molecule has 4 nitrogen and oxygen atoms in total. The first-order chi connectivity index (χ1) is 11.3. The van der Waals surface area contributed by atoms with E-state index in [9.17, 15) is 9.59 Å². The van der Waals surface area contributed by atoms with Gasteiger partial charge in [-0.1, -0.05) is 48.0 Å². The fourth-order valence-electron chi connectivity index (χ4n) is 2.14. The van der Waals surface area contributed by atoms with Crippen molar-refractivity contribution in [3.8, 4) is 0 Å². The van der Waals surface area contributed by atoms with Gasteiger partial charge in [-0.25, -0.2) is 0 Å². The van der Waals surface area contributed by atoms with Crippen molar-refractivity contribution in [2.24, 2.45) is 0 Å². The summed E-state index contributed by atoms with van der Waals surface area (Å²) in [7, 11) is 0. The van der Waals surface area contributed by atoms with Gasteiger partial charge in [0.2, 0.25) is 0 Å². The van der Waals surface area contributed by atoms with Crippen LogP contribution in [0.4, 0.5) is 5.69 Å². The molecule has 0 saturated heterocycles. The molecule has 1 amide bonds. The normalized spacial score (nSPS) is 12.3. The van der Waals surface area contributed by atoms with E-state index in [2.05, 4.69) is 5.32 Å². The Morgan fingerprint density at radius 3 is 2.38 bits per heavy atom. The quantitative estimate of drug-likeness (QED) is 0.827. The minimum atomic E-state index is -0.917. The van der Waals surface area contributed by atoms with Crippen molar-refractivity contribution in [2.45, 2.75) is 32.3 Å². The second-order valence-electron chi connectivity index (χ2n) is 6.04. The van der Waals surface area contributed by atoms with Crippen LogP contribution in [0, 0.1) is 0 Å². The van der Waals surface area contributed by atoms with Crippen LogP contribution in [0.2, 0.25) is 5.02 Å². The van der Waals surface area contributed by atoms with Gasteiger partial charge in [-0.3, -0.25) is 9.59 Å². The van der Waals surface area contributed by atoms with Gasteiger partial charge in [-0.2, -0.15) is 0 Å². The molecule has 5 heteroatoms. The van der Waals surface area contributed by atoms with E-state index in [0.29, 0.717) is 10.7 Å². The molecule has 2 aromatic carbocycles. The van der Waals surface area contributed by atoms with Crippen LogP contribution in [-0.4, -0.2) is 18.0 Å². The number of carbonyl (C=O) groups excluding carboxylic acids is 2. The summed E-state index contributed by atoms with van der Waals surface area (Å²) < 4.78 is 5.35. The third-order valence-corrected chi connectivity index (χ3v) is 3.99. The highest BCUT2D eigenvalue weighted by Gasteiger charge is 2.33. The Bertz CT molecular complexity index is 728. The zero-order valence-electron chi connectivity index (χ0n) is 13.9. The van der Waals surface area contributed by atoms with Gasteiger partial charge >= 0.3 is 5.97 Å². The molecule has 126 valence electrons. The van der Waals surface area contributed by atoms with Gasteiger partial charge in [0, 0.05) is 10.7 Å². The average molecular weight is 346 g/mol. The first-order valence-electron chi connectivity index (χ1n) is 7.64. The molecule has 0 aliphatic heterocycles. The molecule has 0 aliphatic rings. The SMILES string of the molecule is C[C@H](OC(=O)C(C)(C)c1ccccc1)C(=O)Nc1cccc(Cl)c1. The highest BCUT2D eigenvalue weighted by Crippen LogP contribution is 2.25. The largest absolute Gasteiger partial charge is 0.452 e. The Labute approximate surface area is 146 Å². The van der Waals surface area contributed by atoms with Crippen molar-refractivity contribution in [2.75, 3.05) is 5.32 Å². The van der Waals surface area contributed by atoms with E-state index < -0.39 is 23.4 Å². The van der Waals surface area contributed by atoms with Crippen LogP contribution in [0.3, 0.4) is 0 Å². The second-order valence-corrected chi connectivity index (χ2v) is 6.47. The Morgan fingerprint density at radius 1 is 1.08 bits per heavy atom. The second kappa shape index (κ2) is 7.49. The van der Waals surface area contributed by atoms with E-state index in [-0.39, 0.29) is 0 Å². The fraction of sp³-hybridized carbons (Fsp3) is 0.263. The van der Waals surface area contributed by atoms with Gasteiger partial charge in [-0.15, -0.1) is 0 Å². The van der Waals surface area contributed by atoms with Crippen molar-refractivity contribution in [3.63, 3.8) is 0 Å². The summed E-state index contributed by atoms with van der Waals surface area (Å²) in [5.41, 5.74) is 0.543. The fourth-order valence-corrected chi connectivity index (χ4v) is 2.33. The number of halogens is 1. The lowest BCUT2D eigenvalue weighted by atomic mass is 9.85. The monoisotopic (exact) mass is 345 g/mol. The number of carbonyl (C=O) groups is 2. The number of rotatable bonds is 5.